The number of carbonyl (C=O) groups is 1. The quantitative estimate of drug-likeness (QED) is 0.869. The van der Waals surface area contributed by atoms with Crippen LogP contribution in [0.5, 0.6) is 0 Å². The van der Waals surface area contributed by atoms with Gasteiger partial charge in [0.1, 0.15) is 0 Å². The van der Waals surface area contributed by atoms with E-state index < -0.39 is 6.04 Å². The number of anilines is 1. The highest BCUT2D eigenvalue weighted by molar-refractivity contribution is 5.97. The Hall–Kier alpha value is -1.87. The fraction of sp³-hybridized carbons (Fsp3) is 0.267. The summed E-state index contributed by atoms with van der Waals surface area (Å²) in [4.78, 5) is 11.9. The molecule has 0 heterocycles. The highest BCUT2D eigenvalue weighted by Crippen LogP contribution is 2.19. The third kappa shape index (κ3) is 2.68. The SMILES string of the molecule is CC(C)[C@H](N)C(=O)Nc1ccc2ccccc2c1. The minimum Gasteiger partial charge on any atom is -0.325 e. The zero-order valence-electron chi connectivity index (χ0n) is 10.7. The van der Waals surface area contributed by atoms with Crippen molar-refractivity contribution >= 4 is 22.4 Å². The number of nitrogens with one attached hydrogen (secondary N) is 1. The van der Waals surface area contributed by atoms with Crippen LogP contribution in [0.1, 0.15) is 13.8 Å². The molecule has 0 radical (unpaired) electrons. The van der Waals surface area contributed by atoms with E-state index in [-0.39, 0.29) is 11.8 Å². The number of fused-ring (bicyclic) bond motifs is 1. The number of nitrogens with two attached hydrogens (primary N) is 1. The molecule has 3 nitrogen and oxygen atoms in total. The first kappa shape index (κ1) is 12.6. The molecule has 3 heteroatoms. The molecule has 94 valence electrons. The molecule has 0 aromatic heterocycles. The lowest BCUT2D eigenvalue weighted by molar-refractivity contribution is -0.118. The van der Waals surface area contributed by atoms with Gasteiger partial charge in [0.2, 0.25) is 5.91 Å². The molecule has 2 aromatic rings. The van der Waals surface area contributed by atoms with Crippen LogP contribution < -0.4 is 11.1 Å². The first-order valence-electron chi connectivity index (χ1n) is 6.13. The summed E-state index contributed by atoms with van der Waals surface area (Å²) >= 11 is 0. The Morgan fingerprint density at radius 1 is 1.11 bits per heavy atom. The summed E-state index contributed by atoms with van der Waals surface area (Å²) in [5.74, 6) is -0.00858. The molecule has 18 heavy (non-hydrogen) atoms. The van der Waals surface area contributed by atoms with Gasteiger partial charge in [-0.1, -0.05) is 44.2 Å². The normalized spacial score (nSPS) is 12.7. The minimum atomic E-state index is -0.475. The average molecular weight is 242 g/mol. The molecule has 0 aliphatic rings. The second-order valence-electron chi connectivity index (χ2n) is 4.82. The molecule has 2 rings (SSSR count). The average Bonchev–Trinajstić information content (AvgIpc) is 2.37. The van der Waals surface area contributed by atoms with Gasteiger partial charge in [-0.2, -0.15) is 0 Å². The molecule has 0 aliphatic heterocycles. The maximum atomic E-state index is 11.9. The van der Waals surface area contributed by atoms with Crippen LogP contribution in [-0.2, 0) is 4.79 Å². The smallest absolute Gasteiger partial charge is 0.241 e. The molecule has 1 atom stereocenters. The van der Waals surface area contributed by atoms with Gasteiger partial charge >= 0.3 is 0 Å². The lowest BCUT2D eigenvalue weighted by Crippen LogP contribution is -2.39. The Kier molecular flexibility index (Phi) is 3.63. The van der Waals surface area contributed by atoms with Crippen molar-refractivity contribution in [1.29, 1.82) is 0 Å². The number of rotatable bonds is 3. The van der Waals surface area contributed by atoms with E-state index in [9.17, 15) is 4.79 Å². The molecule has 0 aliphatic carbocycles. The third-order valence-electron chi connectivity index (χ3n) is 3.04. The molecule has 3 N–H and O–H groups in total. The Morgan fingerprint density at radius 2 is 1.78 bits per heavy atom. The second kappa shape index (κ2) is 5.19. The first-order valence-corrected chi connectivity index (χ1v) is 6.13. The van der Waals surface area contributed by atoms with E-state index in [1.807, 2.05) is 56.3 Å². The summed E-state index contributed by atoms with van der Waals surface area (Å²) in [6, 6.07) is 13.4. The van der Waals surface area contributed by atoms with Crippen molar-refractivity contribution in [3.05, 3.63) is 42.5 Å². The highest BCUT2D eigenvalue weighted by atomic mass is 16.2. The fourth-order valence-corrected chi connectivity index (χ4v) is 1.80. The number of hydrogen-bond acceptors (Lipinski definition) is 2. The van der Waals surface area contributed by atoms with Crippen molar-refractivity contribution in [3.8, 4) is 0 Å². The third-order valence-corrected chi connectivity index (χ3v) is 3.04. The molecule has 2 aromatic carbocycles. The molecule has 0 saturated carbocycles. The van der Waals surface area contributed by atoms with Crippen molar-refractivity contribution in [3.63, 3.8) is 0 Å². The van der Waals surface area contributed by atoms with Gasteiger partial charge in [0.15, 0.2) is 0 Å². The van der Waals surface area contributed by atoms with E-state index in [2.05, 4.69) is 5.32 Å². The molecular formula is C15H18N2O. The van der Waals surface area contributed by atoms with Crippen molar-refractivity contribution in [1.82, 2.24) is 0 Å². The van der Waals surface area contributed by atoms with Gasteiger partial charge in [0, 0.05) is 5.69 Å². The number of benzene rings is 2. The van der Waals surface area contributed by atoms with Crippen molar-refractivity contribution in [2.24, 2.45) is 11.7 Å². The zero-order valence-corrected chi connectivity index (χ0v) is 10.7. The van der Waals surface area contributed by atoms with Crippen LogP contribution in [0.15, 0.2) is 42.5 Å². The molecule has 0 saturated heterocycles. The van der Waals surface area contributed by atoms with Gasteiger partial charge in [0.05, 0.1) is 6.04 Å². The van der Waals surface area contributed by atoms with Crippen LogP contribution in [0, 0.1) is 5.92 Å². The van der Waals surface area contributed by atoms with Crippen LogP contribution in [0.4, 0.5) is 5.69 Å². The van der Waals surface area contributed by atoms with Gasteiger partial charge in [-0.25, -0.2) is 0 Å². The lowest BCUT2D eigenvalue weighted by atomic mass is 10.0. The summed E-state index contributed by atoms with van der Waals surface area (Å²) in [6.07, 6.45) is 0. The maximum absolute atomic E-state index is 11.9. The van der Waals surface area contributed by atoms with Crippen molar-refractivity contribution in [2.45, 2.75) is 19.9 Å². The number of carbonyl (C=O) groups excluding carboxylic acids is 1. The highest BCUT2D eigenvalue weighted by Gasteiger charge is 2.17. The van der Waals surface area contributed by atoms with Crippen LogP contribution in [0.2, 0.25) is 0 Å². The zero-order chi connectivity index (χ0) is 13.1. The number of amides is 1. The van der Waals surface area contributed by atoms with Gasteiger partial charge in [0.25, 0.3) is 0 Å². The van der Waals surface area contributed by atoms with E-state index in [1.54, 1.807) is 0 Å². The predicted octanol–water partition coefficient (Wildman–Crippen LogP) is 2.76. The van der Waals surface area contributed by atoms with E-state index in [0.717, 1.165) is 16.5 Å². The molecule has 0 unspecified atom stereocenters. The Bertz CT molecular complexity index is 563. The Balaban J connectivity index is 2.19. The lowest BCUT2D eigenvalue weighted by Gasteiger charge is -2.15. The van der Waals surface area contributed by atoms with Crippen molar-refractivity contribution < 1.29 is 4.79 Å². The summed E-state index contributed by atoms with van der Waals surface area (Å²) in [5, 5.41) is 5.11. The maximum Gasteiger partial charge on any atom is 0.241 e. The summed E-state index contributed by atoms with van der Waals surface area (Å²) in [6.45, 7) is 3.87. The predicted molar refractivity (Wildman–Crippen MR) is 75.4 cm³/mol. The van der Waals surface area contributed by atoms with Crippen molar-refractivity contribution in [2.75, 3.05) is 5.32 Å². The molecule has 0 bridgehead atoms. The summed E-state index contributed by atoms with van der Waals surface area (Å²) in [7, 11) is 0. The standard InChI is InChI=1S/C15H18N2O/c1-10(2)14(16)15(18)17-13-8-7-11-5-3-4-6-12(11)9-13/h3-10,14H,16H2,1-2H3,(H,17,18)/t14-/m0/s1. The molecule has 0 fully saturated rings. The van der Waals surface area contributed by atoms with E-state index in [1.165, 1.54) is 0 Å². The number of hydrogen-bond donors (Lipinski definition) is 2. The molecule has 1 amide bonds. The fourth-order valence-electron chi connectivity index (χ4n) is 1.80. The van der Waals surface area contributed by atoms with Crippen LogP contribution >= 0.6 is 0 Å². The van der Waals surface area contributed by atoms with E-state index in [4.69, 9.17) is 5.73 Å². The summed E-state index contributed by atoms with van der Waals surface area (Å²) in [5.41, 5.74) is 6.60. The Labute approximate surface area is 107 Å². The van der Waals surface area contributed by atoms with Crippen LogP contribution in [0.3, 0.4) is 0 Å². The topological polar surface area (TPSA) is 55.1 Å². The first-order chi connectivity index (χ1) is 8.58. The molecule has 0 spiro atoms. The monoisotopic (exact) mass is 242 g/mol. The van der Waals surface area contributed by atoms with Crippen LogP contribution in [-0.4, -0.2) is 11.9 Å². The van der Waals surface area contributed by atoms with Gasteiger partial charge in [-0.15, -0.1) is 0 Å². The van der Waals surface area contributed by atoms with Gasteiger partial charge < -0.3 is 11.1 Å². The van der Waals surface area contributed by atoms with Gasteiger partial charge in [-0.05, 0) is 28.8 Å². The second-order valence-corrected chi connectivity index (χ2v) is 4.82. The van der Waals surface area contributed by atoms with E-state index in [0.29, 0.717) is 0 Å². The van der Waals surface area contributed by atoms with Crippen LogP contribution in [0.25, 0.3) is 10.8 Å². The van der Waals surface area contributed by atoms with E-state index >= 15 is 0 Å². The minimum absolute atomic E-state index is 0.130. The molecular weight excluding hydrogens is 224 g/mol. The van der Waals surface area contributed by atoms with Gasteiger partial charge in [-0.3, -0.25) is 4.79 Å². The largest absolute Gasteiger partial charge is 0.325 e. The summed E-state index contributed by atoms with van der Waals surface area (Å²) < 4.78 is 0. The Morgan fingerprint density at radius 3 is 2.44 bits per heavy atom.